The lowest BCUT2D eigenvalue weighted by molar-refractivity contribution is 0.0568. The highest BCUT2D eigenvalue weighted by molar-refractivity contribution is 5.95. The summed E-state index contributed by atoms with van der Waals surface area (Å²) in [5.41, 5.74) is 3.72. The maximum Gasteiger partial charge on any atom is 0.409 e. The van der Waals surface area contributed by atoms with Gasteiger partial charge in [-0.1, -0.05) is 6.92 Å². The van der Waals surface area contributed by atoms with Crippen LogP contribution in [0, 0.1) is 6.92 Å². The van der Waals surface area contributed by atoms with E-state index in [1.165, 1.54) is 0 Å². The predicted octanol–water partition coefficient (Wildman–Crippen LogP) is 2.97. The number of carbonyl (C=O) groups excluding carboxylic acids is 2. The molecule has 2 aliphatic heterocycles. The van der Waals surface area contributed by atoms with Crippen LogP contribution in [0.3, 0.4) is 0 Å². The minimum absolute atomic E-state index is 0.0120. The van der Waals surface area contributed by atoms with Crippen molar-refractivity contribution < 1.29 is 14.3 Å². The van der Waals surface area contributed by atoms with Gasteiger partial charge >= 0.3 is 6.09 Å². The Morgan fingerprint density at radius 3 is 2.41 bits per heavy atom. The lowest BCUT2D eigenvalue weighted by Crippen LogP contribution is -2.51. The number of aromatic nitrogens is 3. The number of nitrogens with zero attached hydrogens (tertiary/aromatic N) is 5. The quantitative estimate of drug-likeness (QED) is 0.701. The zero-order valence-corrected chi connectivity index (χ0v) is 20.5. The Morgan fingerprint density at radius 1 is 1.06 bits per heavy atom. The van der Waals surface area contributed by atoms with Crippen LogP contribution in [-0.2, 0) is 17.7 Å². The highest BCUT2D eigenvalue weighted by atomic mass is 16.6. The molecule has 34 heavy (non-hydrogen) atoms. The molecule has 2 saturated heterocycles. The molecule has 2 fully saturated rings. The minimum Gasteiger partial charge on any atom is -0.450 e. The largest absolute Gasteiger partial charge is 0.450 e. The summed E-state index contributed by atoms with van der Waals surface area (Å²) >= 11 is 0. The summed E-state index contributed by atoms with van der Waals surface area (Å²) < 4.78 is 5.09. The molecule has 0 bridgehead atoms. The molecular formula is C25H36N6O3. The number of likely N-dealkylation sites (tertiary alicyclic amines) is 1. The molecule has 184 valence electrons. The van der Waals surface area contributed by atoms with E-state index in [2.05, 4.69) is 21.8 Å². The summed E-state index contributed by atoms with van der Waals surface area (Å²) in [5.74, 6) is 1.31. The van der Waals surface area contributed by atoms with Crippen LogP contribution in [0.5, 0.6) is 0 Å². The zero-order valence-electron chi connectivity index (χ0n) is 20.5. The number of ether oxygens (including phenoxy) is 1. The molecule has 0 unspecified atom stereocenters. The van der Waals surface area contributed by atoms with Crippen molar-refractivity contribution in [2.75, 3.05) is 45.9 Å². The molecule has 9 nitrogen and oxygen atoms in total. The number of H-pyrrole nitrogens is 1. The van der Waals surface area contributed by atoms with Crippen molar-refractivity contribution in [3.05, 3.63) is 46.8 Å². The van der Waals surface area contributed by atoms with Gasteiger partial charge in [0.2, 0.25) is 0 Å². The number of pyridine rings is 1. The first kappa shape index (κ1) is 24.2. The van der Waals surface area contributed by atoms with Crippen molar-refractivity contribution >= 4 is 12.0 Å². The number of amides is 2. The second-order valence-electron chi connectivity index (χ2n) is 9.12. The average molecular weight is 469 g/mol. The van der Waals surface area contributed by atoms with Crippen LogP contribution in [0.25, 0.3) is 0 Å². The molecule has 9 heteroatoms. The monoisotopic (exact) mass is 468 g/mol. The van der Waals surface area contributed by atoms with Gasteiger partial charge in [-0.05, 0) is 51.9 Å². The third-order valence-corrected chi connectivity index (χ3v) is 6.77. The van der Waals surface area contributed by atoms with Crippen LogP contribution in [0.1, 0.15) is 65.9 Å². The summed E-state index contributed by atoms with van der Waals surface area (Å²) in [6.45, 7) is 11.0. The van der Waals surface area contributed by atoms with Crippen LogP contribution in [0.4, 0.5) is 4.79 Å². The number of aromatic amines is 1. The standard InChI is InChI=1S/C25H36N6O3/c1-4-22-26-16-20(28-22)17-29-10-8-19(9-11-29)23-21(7-6-18(3)27-23)24(32)30-12-14-31(15-13-30)25(33)34-5-2/h6-7,16,19H,4-5,8-15,17H2,1-3H3,(H,26,28). The molecule has 0 aromatic carbocycles. The second-order valence-corrected chi connectivity index (χ2v) is 9.12. The Bertz CT molecular complexity index is 990. The fourth-order valence-electron chi connectivity index (χ4n) is 4.82. The number of aryl methyl sites for hydroxylation is 2. The maximum atomic E-state index is 13.4. The Morgan fingerprint density at radius 2 is 1.76 bits per heavy atom. The van der Waals surface area contributed by atoms with Crippen LogP contribution < -0.4 is 0 Å². The third kappa shape index (κ3) is 5.58. The van der Waals surface area contributed by atoms with Gasteiger partial charge in [-0.2, -0.15) is 0 Å². The number of hydrogen-bond acceptors (Lipinski definition) is 6. The molecule has 4 rings (SSSR count). The normalized spacial score (nSPS) is 17.7. The molecule has 0 saturated carbocycles. The first-order valence-electron chi connectivity index (χ1n) is 12.4. The molecule has 2 aromatic heterocycles. The van der Waals surface area contributed by atoms with E-state index in [-0.39, 0.29) is 17.9 Å². The molecule has 0 aliphatic carbocycles. The molecule has 2 aromatic rings. The van der Waals surface area contributed by atoms with Gasteiger partial charge in [0.05, 0.1) is 17.9 Å². The second kappa shape index (κ2) is 11.0. The Hall–Kier alpha value is -2.94. The number of rotatable bonds is 6. The molecule has 2 amide bonds. The highest BCUT2D eigenvalue weighted by Crippen LogP contribution is 2.30. The molecule has 4 heterocycles. The lowest BCUT2D eigenvalue weighted by Gasteiger charge is -2.35. The molecule has 1 N–H and O–H groups in total. The fraction of sp³-hybridized carbons (Fsp3) is 0.600. The first-order valence-corrected chi connectivity index (χ1v) is 12.4. The van der Waals surface area contributed by atoms with Gasteiger partial charge in [-0.25, -0.2) is 9.78 Å². The van der Waals surface area contributed by atoms with Crippen LogP contribution in [-0.4, -0.2) is 87.5 Å². The van der Waals surface area contributed by atoms with Gasteiger partial charge in [0.1, 0.15) is 5.82 Å². The number of hydrogen-bond donors (Lipinski definition) is 1. The summed E-state index contributed by atoms with van der Waals surface area (Å²) in [6, 6.07) is 3.85. The van der Waals surface area contributed by atoms with E-state index in [0.29, 0.717) is 38.3 Å². The number of carbonyl (C=O) groups is 2. The smallest absolute Gasteiger partial charge is 0.409 e. The summed E-state index contributed by atoms with van der Waals surface area (Å²) in [4.78, 5) is 44.0. The van der Waals surface area contributed by atoms with E-state index < -0.39 is 0 Å². The Labute approximate surface area is 201 Å². The third-order valence-electron chi connectivity index (χ3n) is 6.77. The fourth-order valence-corrected chi connectivity index (χ4v) is 4.82. The topological polar surface area (TPSA) is 94.7 Å². The predicted molar refractivity (Wildman–Crippen MR) is 129 cm³/mol. The minimum atomic E-state index is -0.305. The van der Waals surface area contributed by atoms with E-state index >= 15 is 0 Å². The molecule has 0 radical (unpaired) electrons. The zero-order chi connectivity index (χ0) is 24.1. The van der Waals surface area contributed by atoms with E-state index in [1.807, 2.05) is 30.2 Å². The van der Waals surface area contributed by atoms with Crippen molar-refractivity contribution in [3.8, 4) is 0 Å². The van der Waals surface area contributed by atoms with Crippen molar-refractivity contribution in [1.29, 1.82) is 0 Å². The number of nitrogens with one attached hydrogen (secondary N) is 1. The number of piperidine rings is 1. The van der Waals surface area contributed by atoms with E-state index in [1.54, 1.807) is 11.8 Å². The van der Waals surface area contributed by atoms with Gasteiger partial charge in [0.25, 0.3) is 5.91 Å². The number of imidazole rings is 1. The molecule has 0 spiro atoms. The van der Waals surface area contributed by atoms with Gasteiger partial charge in [-0.3, -0.25) is 14.7 Å². The Kier molecular flexibility index (Phi) is 7.82. The molecule has 0 atom stereocenters. The van der Waals surface area contributed by atoms with E-state index in [4.69, 9.17) is 9.72 Å². The molecule has 2 aliphatic rings. The van der Waals surface area contributed by atoms with Gasteiger partial charge in [0, 0.05) is 62.6 Å². The van der Waals surface area contributed by atoms with Gasteiger partial charge < -0.3 is 19.5 Å². The summed E-state index contributed by atoms with van der Waals surface area (Å²) in [7, 11) is 0. The molecular weight excluding hydrogens is 432 g/mol. The highest BCUT2D eigenvalue weighted by Gasteiger charge is 2.30. The van der Waals surface area contributed by atoms with Crippen molar-refractivity contribution in [2.45, 2.75) is 52.5 Å². The van der Waals surface area contributed by atoms with E-state index in [0.717, 1.165) is 61.8 Å². The van der Waals surface area contributed by atoms with Gasteiger partial charge in [0.15, 0.2) is 0 Å². The van der Waals surface area contributed by atoms with Crippen molar-refractivity contribution in [2.24, 2.45) is 0 Å². The van der Waals surface area contributed by atoms with Crippen LogP contribution in [0.2, 0.25) is 0 Å². The average Bonchev–Trinajstić information content (AvgIpc) is 3.32. The lowest BCUT2D eigenvalue weighted by atomic mass is 9.89. The van der Waals surface area contributed by atoms with Crippen LogP contribution in [0.15, 0.2) is 18.3 Å². The van der Waals surface area contributed by atoms with Crippen molar-refractivity contribution in [1.82, 2.24) is 29.7 Å². The first-order chi connectivity index (χ1) is 16.5. The summed E-state index contributed by atoms with van der Waals surface area (Å²) in [6.07, 6.45) is 4.49. The van der Waals surface area contributed by atoms with E-state index in [9.17, 15) is 9.59 Å². The Balaban J connectivity index is 1.38. The SMILES string of the molecule is CCOC(=O)N1CCN(C(=O)c2ccc(C)nc2C2CCN(Cc3cnc(CC)[nH]3)CC2)CC1. The van der Waals surface area contributed by atoms with Crippen molar-refractivity contribution in [3.63, 3.8) is 0 Å². The van der Waals surface area contributed by atoms with Crippen LogP contribution >= 0.6 is 0 Å². The number of piperazine rings is 1. The summed E-state index contributed by atoms with van der Waals surface area (Å²) in [5, 5.41) is 0. The maximum absolute atomic E-state index is 13.4. The van der Waals surface area contributed by atoms with Gasteiger partial charge in [-0.15, -0.1) is 0 Å².